The zero-order valence-electron chi connectivity index (χ0n) is 12.3. The van der Waals surface area contributed by atoms with Gasteiger partial charge < -0.3 is 9.73 Å². The molecule has 0 unspecified atom stereocenters. The second-order valence-electron chi connectivity index (χ2n) is 4.70. The molecule has 1 amide bonds. The summed E-state index contributed by atoms with van der Waals surface area (Å²) in [6.45, 7) is 1.58. The van der Waals surface area contributed by atoms with E-state index in [-0.39, 0.29) is 5.22 Å². The molecule has 0 aliphatic rings. The van der Waals surface area contributed by atoms with Gasteiger partial charge in [0.1, 0.15) is 17.3 Å². The normalized spacial score (nSPS) is 12.1. The molecule has 124 valence electrons. The van der Waals surface area contributed by atoms with Gasteiger partial charge in [-0.2, -0.15) is 0 Å². The maximum Gasteiger partial charge on any atom is 0.277 e. The first kappa shape index (κ1) is 16.6. The monoisotopic (exact) mass is 367 g/mol. The van der Waals surface area contributed by atoms with Crippen molar-refractivity contribution in [3.8, 4) is 10.8 Å². The third-order valence-corrected chi connectivity index (χ3v) is 4.79. The van der Waals surface area contributed by atoms with Crippen LogP contribution in [0, 0.1) is 11.6 Å². The fourth-order valence-corrected chi connectivity index (χ4v) is 3.13. The van der Waals surface area contributed by atoms with Crippen molar-refractivity contribution < 1.29 is 18.0 Å². The van der Waals surface area contributed by atoms with Gasteiger partial charge in [-0.25, -0.2) is 8.78 Å². The molecule has 0 spiro atoms. The summed E-state index contributed by atoms with van der Waals surface area (Å²) >= 11 is 2.46. The van der Waals surface area contributed by atoms with Crippen molar-refractivity contribution in [2.45, 2.75) is 17.4 Å². The van der Waals surface area contributed by atoms with Crippen LogP contribution >= 0.6 is 23.1 Å². The maximum absolute atomic E-state index is 13.6. The van der Waals surface area contributed by atoms with E-state index in [1.54, 1.807) is 6.92 Å². The van der Waals surface area contributed by atoms with Crippen molar-refractivity contribution in [3.63, 3.8) is 0 Å². The van der Waals surface area contributed by atoms with Crippen LogP contribution in [0.3, 0.4) is 0 Å². The molecule has 0 fully saturated rings. The summed E-state index contributed by atoms with van der Waals surface area (Å²) in [7, 11) is 0. The van der Waals surface area contributed by atoms with Gasteiger partial charge in [0, 0.05) is 0 Å². The van der Waals surface area contributed by atoms with Gasteiger partial charge in [0.25, 0.3) is 11.1 Å². The summed E-state index contributed by atoms with van der Waals surface area (Å²) in [6, 6.07) is 7.06. The minimum absolute atomic E-state index is 0.204. The smallest absolute Gasteiger partial charge is 0.277 e. The van der Waals surface area contributed by atoms with Crippen LogP contribution < -0.4 is 5.32 Å². The van der Waals surface area contributed by atoms with E-state index >= 15 is 0 Å². The quantitative estimate of drug-likeness (QED) is 0.685. The van der Waals surface area contributed by atoms with Crippen molar-refractivity contribution >= 4 is 34.7 Å². The number of thiophene rings is 1. The number of rotatable bonds is 5. The Morgan fingerprint density at radius 1 is 1.25 bits per heavy atom. The zero-order chi connectivity index (χ0) is 17.1. The SMILES string of the molecule is C[C@H](Sc1nnc(-c2cccs2)o1)C(=O)Nc1c(F)cccc1F. The van der Waals surface area contributed by atoms with E-state index in [4.69, 9.17) is 4.42 Å². The molecule has 0 saturated heterocycles. The highest BCUT2D eigenvalue weighted by Gasteiger charge is 2.21. The molecule has 0 radical (unpaired) electrons. The number of para-hydroxylation sites is 1. The van der Waals surface area contributed by atoms with E-state index in [0.717, 1.165) is 28.8 Å². The standard InChI is InChI=1S/C15H11F2N3O2S2/c1-8(13(21)18-12-9(16)4-2-5-10(12)17)24-15-20-19-14(22-15)11-6-3-7-23-11/h2-8H,1H3,(H,18,21)/t8-/m0/s1. The van der Waals surface area contributed by atoms with Crippen LogP contribution in [0.2, 0.25) is 0 Å². The topological polar surface area (TPSA) is 68.0 Å². The van der Waals surface area contributed by atoms with Gasteiger partial charge in [0.15, 0.2) is 0 Å². The fourth-order valence-electron chi connectivity index (χ4n) is 1.80. The highest BCUT2D eigenvalue weighted by atomic mass is 32.2. The number of aromatic nitrogens is 2. The summed E-state index contributed by atoms with van der Waals surface area (Å²) in [4.78, 5) is 12.9. The number of hydrogen-bond donors (Lipinski definition) is 1. The Morgan fingerprint density at radius 3 is 2.67 bits per heavy atom. The first-order valence-electron chi connectivity index (χ1n) is 6.83. The second kappa shape index (κ2) is 7.10. The van der Waals surface area contributed by atoms with Crippen LogP contribution in [0.15, 0.2) is 45.4 Å². The molecule has 2 heterocycles. The Hall–Kier alpha value is -2.26. The van der Waals surface area contributed by atoms with Gasteiger partial charge in [0.2, 0.25) is 5.91 Å². The molecule has 3 rings (SSSR count). The number of nitrogens with one attached hydrogen (secondary N) is 1. The van der Waals surface area contributed by atoms with Crippen LogP contribution in [-0.4, -0.2) is 21.4 Å². The molecule has 0 aliphatic carbocycles. The maximum atomic E-state index is 13.6. The molecule has 1 N–H and O–H groups in total. The van der Waals surface area contributed by atoms with Crippen LogP contribution in [0.1, 0.15) is 6.92 Å². The Labute approximate surface area is 144 Å². The predicted molar refractivity (Wildman–Crippen MR) is 87.9 cm³/mol. The second-order valence-corrected chi connectivity index (χ2v) is 6.94. The lowest BCUT2D eigenvalue weighted by Gasteiger charge is -2.11. The van der Waals surface area contributed by atoms with E-state index in [2.05, 4.69) is 15.5 Å². The summed E-state index contributed by atoms with van der Waals surface area (Å²) in [5.74, 6) is -1.88. The lowest BCUT2D eigenvalue weighted by atomic mass is 10.3. The van der Waals surface area contributed by atoms with E-state index in [0.29, 0.717) is 5.89 Å². The van der Waals surface area contributed by atoms with Crippen LogP contribution in [0.5, 0.6) is 0 Å². The molecular weight excluding hydrogens is 356 g/mol. The minimum atomic E-state index is -0.835. The Kier molecular flexibility index (Phi) is 4.91. The van der Waals surface area contributed by atoms with Crippen molar-refractivity contribution in [2.24, 2.45) is 0 Å². The van der Waals surface area contributed by atoms with Gasteiger partial charge >= 0.3 is 0 Å². The average Bonchev–Trinajstić information content (AvgIpc) is 3.21. The Morgan fingerprint density at radius 2 is 2.00 bits per heavy atom. The van der Waals surface area contributed by atoms with E-state index < -0.39 is 28.5 Å². The van der Waals surface area contributed by atoms with Crippen LogP contribution in [0.25, 0.3) is 10.8 Å². The number of hydrogen-bond acceptors (Lipinski definition) is 6. The molecule has 1 atom stereocenters. The number of carbonyl (C=O) groups is 1. The predicted octanol–water partition coefficient (Wildman–Crippen LogP) is 4.20. The number of carbonyl (C=O) groups excluding carboxylic acids is 1. The Bertz CT molecular complexity index is 832. The number of halogens is 2. The number of benzene rings is 1. The van der Waals surface area contributed by atoms with Gasteiger partial charge in [-0.05, 0) is 30.5 Å². The lowest BCUT2D eigenvalue weighted by Crippen LogP contribution is -2.23. The fraction of sp³-hybridized carbons (Fsp3) is 0.133. The highest BCUT2D eigenvalue weighted by molar-refractivity contribution is 8.00. The minimum Gasteiger partial charge on any atom is -0.410 e. The molecule has 2 aromatic heterocycles. The van der Waals surface area contributed by atoms with Crippen LogP contribution in [-0.2, 0) is 4.79 Å². The van der Waals surface area contributed by atoms with Crippen molar-refractivity contribution in [1.29, 1.82) is 0 Å². The van der Waals surface area contributed by atoms with E-state index in [1.807, 2.05) is 17.5 Å². The third-order valence-electron chi connectivity index (χ3n) is 3.00. The molecular formula is C15H11F2N3O2S2. The van der Waals surface area contributed by atoms with E-state index in [1.165, 1.54) is 17.4 Å². The van der Waals surface area contributed by atoms with Crippen molar-refractivity contribution in [2.75, 3.05) is 5.32 Å². The van der Waals surface area contributed by atoms with Gasteiger partial charge in [0.05, 0.1) is 10.1 Å². The molecule has 5 nitrogen and oxygen atoms in total. The first-order valence-corrected chi connectivity index (χ1v) is 8.59. The lowest BCUT2D eigenvalue weighted by molar-refractivity contribution is -0.115. The Balaban J connectivity index is 1.66. The zero-order valence-corrected chi connectivity index (χ0v) is 14.0. The number of amides is 1. The largest absolute Gasteiger partial charge is 0.410 e. The molecule has 0 bridgehead atoms. The first-order chi connectivity index (χ1) is 11.5. The number of nitrogens with zero attached hydrogens (tertiary/aromatic N) is 2. The molecule has 9 heteroatoms. The van der Waals surface area contributed by atoms with Gasteiger partial charge in [-0.3, -0.25) is 4.79 Å². The molecule has 24 heavy (non-hydrogen) atoms. The van der Waals surface area contributed by atoms with E-state index in [9.17, 15) is 13.6 Å². The third kappa shape index (κ3) is 3.62. The molecule has 3 aromatic rings. The molecule has 1 aromatic carbocycles. The molecule has 0 saturated carbocycles. The number of anilines is 1. The number of thioether (sulfide) groups is 1. The van der Waals surface area contributed by atoms with Gasteiger partial charge in [-0.1, -0.05) is 23.9 Å². The summed E-state index contributed by atoms with van der Waals surface area (Å²) < 4.78 is 32.6. The summed E-state index contributed by atoms with van der Waals surface area (Å²) in [5.41, 5.74) is -0.472. The highest BCUT2D eigenvalue weighted by Crippen LogP contribution is 2.29. The van der Waals surface area contributed by atoms with Crippen molar-refractivity contribution in [1.82, 2.24) is 10.2 Å². The van der Waals surface area contributed by atoms with Crippen LogP contribution in [0.4, 0.5) is 14.5 Å². The van der Waals surface area contributed by atoms with Crippen molar-refractivity contribution in [3.05, 3.63) is 47.3 Å². The van der Waals surface area contributed by atoms with Gasteiger partial charge in [-0.15, -0.1) is 21.5 Å². The summed E-state index contributed by atoms with van der Waals surface area (Å²) in [6.07, 6.45) is 0. The average molecular weight is 367 g/mol. The summed E-state index contributed by atoms with van der Waals surface area (Å²) in [5, 5.41) is 11.4. The molecule has 0 aliphatic heterocycles.